The van der Waals surface area contributed by atoms with Crippen LogP contribution in [0.3, 0.4) is 0 Å². The molecular weight excluding hydrogens is 234 g/mol. The van der Waals surface area contributed by atoms with Gasteiger partial charge in [-0.2, -0.15) is 0 Å². The third kappa shape index (κ3) is 3.37. The highest BCUT2D eigenvalue weighted by Gasteiger charge is 2.27. The van der Waals surface area contributed by atoms with Gasteiger partial charge in [-0.05, 0) is 50.3 Å². The van der Waals surface area contributed by atoms with Gasteiger partial charge >= 0.3 is 0 Å². The molecule has 0 spiro atoms. The lowest BCUT2D eigenvalue weighted by atomic mass is 9.76. The van der Waals surface area contributed by atoms with E-state index >= 15 is 0 Å². The maximum absolute atomic E-state index is 5.83. The van der Waals surface area contributed by atoms with Gasteiger partial charge < -0.3 is 10.1 Å². The van der Waals surface area contributed by atoms with E-state index in [4.69, 9.17) is 4.74 Å². The third-order valence-electron chi connectivity index (χ3n) is 4.20. The smallest absolute Gasteiger partial charge is 0.0741 e. The largest absolute Gasteiger partial charge is 0.377 e. The van der Waals surface area contributed by atoms with Crippen LogP contribution in [0.15, 0.2) is 24.3 Å². The van der Waals surface area contributed by atoms with Crippen molar-refractivity contribution in [3.8, 4) is 0 Å². The zero-order valence-corrected chi connectivity index (χ0v) is 12.5. The van der Waals surface area contributed by atoms with E-state index in [9.17, 15) is 0 Å². The molecule has 19 heavy (non-hydrogen) atoms. The molecule has 0 heterocycles. The van der Waals surface area contributed by atoms with Crippen LogP contribution in [-0.4, -0.2) is 19.3 Å². The molecule has 106 valence electrons. The second-order valence-corrected chi connectivity index (χ2v) is 5.45. The summed E-state index contributed by atoms with van der Waals surface area (Å²) in [6.07, 6.45) is 4.29. The van der Waals surface area contributed by atoms with Crippen molar-refractivity contribution in [2.75, 3.05) is 13.2 Å². The molecule has 0 amide bonds. The van der Waals surface area contributed by atoms with Crippen LogP contribution in [0.2, 0.25) is 0 Å². The molecule has 1 N–H and O–H groups in total. The number of benzene rings is 1. The molecule has 1 aromatic carbocycles. The van der Waals surface area contributed by atoms with Gasteiger partial charge in [-0.1, -0.05) is 37.6 Å². The maximum atomic E-state index is 5.83. The number of likely N-dealkylation sites (N-methyl/N-ethyl adjacent to an activating group) is 1. The second-order valence-electron chi connectivity index (χ2n) is 5.45. The Morgan fingerprint density at radius 1 is 1.26 bits per heavy atom. The fourth-order valence-electron chi connectivity index (χ4n) is 2.99. The minimum Gasteiger partial charge on any atom is -0.377 e. The van der Waals surface area contributed by atoms with Gasteiger partial charge in [0.25, 0.3) is 0 Å². The van der Waals surface area contributed by atoms with Gasteiger partial charge in [0, 0.05) is 6.61 Å². The SMILES string of the molecule is CCNC(c1ccccc1C1CCC1)C(C)OCC. The molecular formula is C17H27NO. The van der Waals surface area contributed by atoms with E-state index < -0.39 is 0 Å². The Balaban J connectivity index is 2.24. The van der Waals surface area contributed by atoms with Gasteiger partial charge in [-0.15, -0.1) is 0 Å². The van der Waals surface area contributed by atoms with Crippen molar-refractivity contribution >= 4 is 0 Å². The zero-order valence-electron chi connectivity index (χ0n) is 12.5. The summed E-state index contributed by atoms with van der Waals surface area (Å²) in [6, 6.07) is 9.21. The van der Waals surface area contributed by atoms with Crippen molar-refractivity contribution in [2.45, 2.75) is 58.1 Å². The standard InChI is InChI=1S/C17H27NO/c1-4-18-17(13(3)19-5-2)16-12-7-6-11-15(16)14-9-8-10-14/h6-7,11-14,17-18H,4-5,8-10H2,1-3H3. The van der Waals surface area contributed by atoms with E-state index in [-0.39, 0.29) is 6.10 Å². The fourth-order valence-corrected chi connectivity index (χ4v) is 2.99. The van der Waals surface area contributed by atoms with Crippen molar-refractivity contribution in [2.24, 2.45) is 0 Å². The molecule has 0 bridgehead atoms. The quantitative estimate of drug-likeness (QED) is 0.800. The molecule has 0 aliphatic heterocycles. The van der Waals surface area contributed by atoms with Crippen LogP contribution in [0.4, 0.5) is 0 Å². The van der Waals surface area contributed by atoms with Crippen molar-refractivity contribution in [3.63, 3.8) is 0 Å². The van der Waals surface area contributed by atoms with Crippen LogP contribution in [0.5, 0.6) is 0 Å². The molecule has 1 saturated carbocycles. The monoisotopic (exact) mass is 261 g/mol. The van der Waals surface area contributed by atoms with Crippen molar-refractivity contribution in [1.29, 1.82) is 0 Å². The summed E-state index contributed by atoms with van der Waals surface area (Å²) in [7, 11) is 0. The van der Waals surface area contributed by atoms with Gasteiger partial charge in [0.1, 0.15) is 0 Å². The summed E-state index contributed by atoms with van der Waals surface area (Å²) in [5.41, 5.74) is 2.97. The topological polar surface area (TPSA) is 21.3 Å². The Bertz CT molecular complexity index is 387. The van der Waals surface area contributed by atoms with Gasteiger partial charge in [-0.3, -0.25) is 0 Å². The Morgan fingerprint density at radius 2 is 2.00 bits per heavy atom. The molecule has 2 unspecified atom stereocenters. The van der Waals surface area contributed by atoms with Crippen LogP contribution < -0.4 is 5.32 Å². The van der Waals surface area contributed by atoms with E-state index in [1.807, 2.05) is 0 Å². The minimum absolute atomic E-state index is 0.214. The Labute approximate surface area is 117 Å². The zero-order chi connectivity index (χ0) is 13.7. The van der Waals surface area contributed by atoms with E-state index in [1.165, 1.54) is 30.4 Å². The highest BCUT2D eigenvalue weighted by molar-refractivity contribution is 5.34. The number of hydrogen-bond acceptors (Lipinski definition) is 2. The van der Waals surface area contributed by atoms with Crippen LogP contribution in [0.25, 0.3) is 0 Å². The van der Waals surface area contributed by atoms with Crippen LogP contribution in [-0.2, 0) is 4.74 Å². The van der Waals surface area contributed by atoms with Crippen LogP contribution in [0.1, 0.15) is 63.1 Å². The molecule has 2 nitrogen and oxygen atoms in total. The number of rotatable bonds is 7. The van der Waals surface area contributed by atoms with E-state index in [0.717, 1.165) is 19.1 Å². The molecule has 1 aliphatic rings. The molecule has 0 saturated heterocycles. The molecule has 0 aromatic heterocycles. The summed E-state index contributed by atoms with van der Waals surface area (Å²) < 4.78 is 5.83. The number of ether oxygens (including phenoxy) is 1. The Morgan fingerprint density at radius 3 is 2.58 bits per heavy atom. The lowest BCUT2D eigenvalue weighted by molar-refractivity contribution is 0.0472. The summed E-state index contributed by atoms with van der Waals surface area (Å²) in [5, 5.41) is 3.60. The first-order valence-corrected chi connectivity index (χ1v) is 7.71. The summed E-state index contributed by atoms with van der Waals surface area (Å²) in [4.78, 5) is 0. The molecule has 1 fully saturated rings. The third-order valence-corrected chi connectivity index (χ3v) is 4.20. The van der Waals surface area contributed by atoms with Crippen molar-refractivity contribution < 1.29 is 4.74 Å². The van der Waals surface area contributed by atoms with E-state index in [1.54, 1.807) is 0 Å². The molecule has 2 rings (SSSR count). The van der Waals surface area contributed by atoms with Crippen molar-refractivity contribution in [3.05, 3.63) is 35.4 Å². The molecule has 1 aliphatic carbocycles. The molecule has 2 heteroatoms. The average molecular weight is 261 g/mol. The van der Waals surface area contributed by atoms with Gasteiger partial charge in [0.05, 0.1) is 12.1 Å². The van der Waals surface area contributed by atoms with E-state index in [2.05, 4.69) is 50.4 Å². The van der Waals surface area contributed by atoms with E-state index in [0.29, 0.717) is 6.04 Å². The van der Waals surface area contributed by atoms with Crippen LogP contribution >= 0.6 is 0 Å². The number of hydrogen-bond donors (Lipinski definition) is 1. The first kappa shape index (κ1) is 14.5. The Kier molecular flexibility index (Phi) is 5.41. The van der Waals surface area contributed by atoms with Gasteiger partial charge in [0.15, 0.2) is 0 Å². The van der Waals surface area contributed by atoms with Gasteiger partial charge in [-0.25, -0.2) is 0 Å². The predicted octanol–water partition coefficient (Wildman–Crippen LogP) is 4.03. The average Bonchev–Trinajstić information content (AvgIpc) is 2.35. The lowest BCUT2D eigenvalue weighted by Gasteiger charge is -2.33. The molecule has 1 aromatic rings. The predicted molar refractivity (Wildman–Crippen MR) is 80.5 cm³/mol. The highest BCUT2D eigenvalue weighted by Crippen LogP contribution is 2.40. The normalized spacial score (nSPS) is 18.9. The second kappa shape index (κ2) is 7.06. The first-order chi connectivity index (χ1) is 9.27. The summed E-state index contributed by atoms with van der Waals surface area (Å²) in [5.74, 6) is 0.770. The number of nitrogens with one attached hydrogen (secondary N) is 1. The highest BCUT2D eigenvalue weighted by atomic mass is 16.5. The lowest BCUT2D eigenvalue weighted by Crippen LogP contribution is -2.33. The maximum Gasteiger partial charge on any atom is 0.0741 e. The summed E-state index contributed by atoms with van der Waals surface area (Å²) in [6.45, 7) is 8.15. The molecule has 0 radical (unpaired) electrons. The Hall–Kier alpha value is -0.860. The molecule has 2 atom stereocenters. The van der Waals surface area contributed by atoms with Crippen LogP contribution in [0, 0.1) is 0 Å². The first-order valence-electron chi connectivity index (χ1n) is 7.71. The fraction of sp³-hybridized carbons (Fsp3) is 0.647. The van der Waals surface area contributed by atoms with Gasteiger partial charge in [0.2, 0.25) is 0 Å². The minimum atomic E-state index is 0.214. The van der Waals surface area contributed by atoms with Crippen molar-refractivity contribution in [1.82, 2.24) is 5.32 Å². The summed E-state index contributed by atoms with van der Waals surface area (Å²) >= 11 is 0.